The Hall–Kier alpha value is -3.77. The van der Waals surface area contributed by atoms with Crippen molar-refractivity contribution in [3.05, 3.63) is 96.6 Å². The highest BCUT2D eigenvalue weighted by atomic mass is 32.2. The van der Waals surface area contributed by atoms with Crippen molar-refractivity contribution in [1.29, 1.82) is 0 Å². The van der Waals surface area contributed by atoms with E-state index < -0.39 is 0 Å². The minimum absolute atomic E-state index is 0.130. The summed E-state index contributed by atoms with van der Waals surface area (Å²) < 4.78 is 5.30. The van der Waals surface area contributed by atoms with E-state index in [1.165, 1.54) is 11.8 Å². The lowest BCUT2D eigenvalue weighted by molar-refractivity contribution is -0.115. The van der Waals surface area contributed by atoms with Gasteiger partial charge in [0, 0.05) is 16.1 Å². The number of hydrogen-bond donors (Lipinski definition) is 2. The van der Waals surface area contributed by atoms with Crippen LogP contribution in [0.3, 0.4) is 0 Å². The maximum absolute atomic E-state index is 12.8. The normalized spacial score (nSPS) is 11.6. The fourth-order valence-corrected chi connectivity index (χ4v) is 4.35. The van der Waals surface area contributed by atoms with E-state index in [0.717, 1.165) is 15.7 Å². The largest absolute Gasteiger partial charge is 0.495 e. The summed E-state index contributed by atoms with van der Waals surface area (Å²) in [7, 11) is 1.57. The molecule has 0 heterocycles. The van der Waals surface area contributed by atoms with Crippen molar-refractivity contribution in [2.75, 3.05) is 17.7 Å². The molecular weight excluding hydrogens is 432 g/mol. The third kappa shape index (κ3) is 5.54. The van der Waals surface area contributed by atoms with E-state index in [4.69, 9.17) is 4.74 Å². The molecule has 2 N–H and O–H groups in total. The molecule has 6 heteroatoms. The summed E-state index contributed by atoms with van der Waals surface area (Å²) in [5, 5.41) is 7.62. The first-order valence-corrected chi connectivity index (χ1v) is 11.4. The summed E-state index contributed by atoms with van der Waals surface area (Å²) in [5.74, 6) is 0.307. The van der Waals surface area contributed by atoms with Gasteiger partial charge >= 0.3 is 0 Å². The van der Waals surface area contributed by atoms with Gasteiger partial charge in [-0.25, -0.2) is 0 Å². The van der Waals surface area contributed by atoms with E-state index in [9.17, 15) is 9.59 Å². The molecular formula is C27H24N2O3S. The molecule has 4 aromatic carbocycles. The average molecular weight is 457 g/mol. The second-order valence-electron chi connectivity index (χ2n) is 7.49. The molecule has 5 nitrogen and oxygen atoms in total. The van der Waals surface area contributed by atoms with Crippen molar-refractivity contribution in [1.82, 2.24) is 0 Å². The molecule has 0 fully saturated rings. The minimum atomic E-state index is -0.346. The highest BCUT2D eigenvalue weighted by Gasteiger charge is 2.17. The van der Waals surface area contributed by atoms with Crippen LogP contribution in [0.5, 0.6) is 5.75 Å². The predicted molar refractivity (Wildman–Crippen MR) is 135 cm³/mol. The Morgan fingerprint density at radius 3 is 2.39 bits per heavy atom. The molecule has 0 spiro atoms. The van der Waals surface area contributed by atoms with Gasteiger partial charge in [-0.15, -0.1) is 11.8 Å². The minimum Gasteiger partial charge on any atom is -0.495 e. The van der Waals surface area contributed by atoms with E-state index in [1.807, 2.05) is 85.8 Å². The average Bonchev–Trinajstić information content (AvgIpc) is 2.84. The number of ether oxygens (including phenoxy) is 1. The number of methoxy groups -OCH3 is 1. The third-order valence-electron chi connectivity index (χ3n) is 5.15. The van der Waals surface area contributed by atoms with Gasteiger partial charge in [-0.3, -0.25) is 9.59 Å². The van der Waals surface area contributed by atoms with Crippen molar-refractivity contribution in [3.63, 3.8) is 0 Å². The lowest BCUT2D eigenvalue weighted by Gasteiger charge is -2.14. The number of benzene rings is 4. The molecule has 0 aromatic heterocycles. The summed E-state index contributed by atoms with van der Waals surface area (Å²) in [5.41, 5.74) is 1.90. The van der Waals surface area contributed by atoms with E-state index in [0.29, 0.717) is 22.7 Å². The van der Waals surface area contributed by atoms with Crippen molar-refractivity contribution in [2.24, 2.45) is 0 Å². The highest BCUT2D eigenvalue weighted by molar-refractivity contribution is 8.00. The first-order valence-electron chi connectivity index (χ1n) is 10.5. The number of nitrogens with one attached hydrogen (secondary N) is 2. The van der Waals surface area contributed by atoms with Gasteiger partial charge in [0.2, 0.25) is 5.91 Å². The van der Waals surface area contributed by atoms with Crippen molar-refractivity contribution >= 4 is 45.7 Å². The van der Waals surface area contributed by atoms with Gasteiger partial charge in [-0.1, -0.05) is 48.5 Å². The number of amides is 2. The Kier molecular flexibility index (Phi) is 6.95. The quantitative estimate of drug-likeness (QED) is 0.324. The van der Waals surface area contributed by atoms with Gasteiger partial charge in [0.15, 0.2) is 0 Å². The number of hydrogen-bond acceptors (Lipinski definition) is 4. The topological polar surface area (TPSA) is 67.4 Å². The number of carbonyl (C=O) groups excluding carboxylic acids is 2. The van der Waals surface area contributed by atoms with E-state index in [-0.39, 0.29) is 17.1 Å². The van der Waals surface area contributed by atoms with Crippen LogP contribution in [0.2, 0.25) is 0 Å². The van der Waals surface area contributed by atoms with Crippen LogP contribution >= 0.6 is 11.8 Å². The maximum atomic E-state index is 12.8. The lowest BCUT2D eigenvalue weighted by Crippen LogP contribution is -2.22. The van der Waals surface area contributed by atoms with Crippen LogP contribution in [0.1, 0.15) is 17.3 Å². The summed E-state index contributed by atoms with van der Waals surface area (Å²) in [6, 6.07) is 28.4. The molecule has 0 aliphatic heterocycles. The highest BCUT2D eigenvalue weighted by Crippen LogP contribution is 2.29. The molecule has 1 atom stereocenters. The fraction of sp³-hybridized carbons (Fsp3) is 0.111. The summed E-state index contributed by atoms with van der Waals surface area (Å²) in [6.45, 7) is 1.84. The van der Waals surface area contributed by atoms with Crippen molar-refractivity contribution in [3.8, 4) is 5.75 Å². The Bertz CT molecular complexity index is 1310. The van der Waals surface area contributed by atoms with Gasteiger partial charge in [0.05, 0.1) is 18.0 Å². The van der Waals surface area contributed by atoms with Crippen LogP contribution in [0, 0.1) is 0 Å². The van der Waals surface area contributed by atoms with Crippen LogP contribution in [0.15, 0.2) is 95.9 Å². The molecule has 33 heavy (non-hydrogen) atoms. The summed E-state index contributed by atoms with van der Waals surface area (Å²) >= 11 is 1.42. The second kappa shape index (κ2) is 10.2. The number of rotatable bonds is 7. The van der Waals surface area contributed by atoms with Crippen LogP contribution in [0.4, 0.5) is 11.4 Å². The molecule has 4 aromatic rings. The zero-order chi connectivity index (χ0) is 23.2. The van der Waals surface area contributed by atoms with Crippen molar-refractivity contribution in [2.45, 2.75) is 17.1 Å². The predicted octanol–water partition coefficient (Wildman–Crippen LogP) is 6.22. The monoisotopic (exact) mass is 456 g/mol. The molecule has 1 unspecified atom stereocenters. The van der Waals surface area contributed by atoms with E-state index in [1.54, 1.807) is 19.2 Å². The van der Waals surface area contributed by atoms with Gasteiger partial charge in [-0.2, -0.15) is 0 Å². The number of fused-ring (bicyclic) bond motifs is 1. The maximum Gasteiger partial charge on any atom is 0.255 e. The van der Waals surface area contributed by atoms with Gasteiger partial charge in [0.25, 0.3) is 5.91 Å². The van der Waals surface area contributed by atoms with Crippen LogP contribution in [-0.2, 0) is 4.79 Å². The molecule has 0 saturated carbocycles. The second-order valence-corrected chi connectivity index (χ2v) is 8.91. The third-order valence-corrected chi connectivity index (χ3v) is 6.24. The molecule has 166 valence electrons. The van der Waals surface area contributed by atoms with Crippen molar-refractivity contribution < 1.29 is 14.3 Å². The van der Waals surface area contributed by atoms with Gasteiger partial charge in [0.1, 0.15) is 5.75 Å². The van der Waals surface area contributed by atoms with E-state index >= 15 is 0 Å². The number of carbonyl (C=O) groups is 2. The Balaban J connectivity index is 1.41. The number of thioether (sulfide) groups is 1. The fourth-order valence-electron chi connectivity index (χ4n) is 3.42. The van der Waals surface area contributed by atoms with Gasteiger partial charge in [-0.05, 0) is 60.2 Å². The summed E-state index contributed by atoms with van der Waals surface area (Å²) in [4.78, 5) is 26.3. The Morgan fingerprint density at radius 1 is 0.818 bits per heavy atom. The molecule has 4 rings (SSSR count). The lowest BCUT2D eigenvalue weighted by atomic mass is 10.1. The van der Waals surface area contributed by atoms with Crippen LogP contribution < -0.4 is 15.4 Å². The van der Waals surface area contributed by atoms with E-state index in [2.05, 4.69) is 10.6 Å². The first kappa shape index (κ1) is 22.4. The Labute approximate surface area is 197 Å². The molecule has 0 radical (unpaired) electrons. The zero-order valence-electron chi connectivity index (χ0n) is 18.4. The number of para-hydroxylation sites is 2. The molecule has 0 aliphatic carbocycles. The molecule has 0 aliphatic rings. The molecule has 2 amide bonds. The number of anilines is 2. The summed E-state index contributed by atoms with van der Waals surface area (Å²) in [6.07, 6.45) is 0. The SMILES string of the molecule is COc1ccccc1NC(=O)C(C)Sc1cccc(NC(=O)c2ccc3ccccc3c2)c1. The zero-order valence-corrected chi connectivity index (χ0v) is 19.2. The van der Waals surface area contributed by atoms with Crippen LogP contribution in [0.25, 0.3) is 10.8 Å². The smallest absolute Gasteiger partial charge is 0.255 e. The van der Waals surface area contributed by atoms with Crippen LogP contribution in [-0.4, -0.2) is 24.2 Å². The molecule has 0 bridgehead atoms. The first-order chi connectivity index (χ1) is 16.0. The standard InChI is InChI=1S/C27H24N2O3S/c1-18(26(30)29-24-12-5-6-13-25(24)32-2)33-23-11-7-10-22(17-23)28-27(31)21-15-14-19-8-3-4-9-20(19)16-21/h3-18H,1-2H3,(H,28,31)(H,29,30). The Morgan fingerprint density at radius 2 is 1.58 bits per heavy atom. The van der Waals surface area contributed by atoms with Gasteiger partial charge < -0.3 is 15.4 Å². The molecule has 0 saturated heterocycles.